The summed E-state index contributed by atoms with van der Waals surface area (Å²) in [6, 6.07) is 8.47. The summed E-state index contributed by atoms with van der Waals surface area (Å²) in [7, 11) is 1.31. The third-order valence-corrected chi connectivity index (χ3v) is 4.92. The van der Waals surface area contributed by atoms with Crippen molar-refractivity contribution >= 4 is 16.9 Å². The van der Waals surface area contributed by atoms with Crippen LogP contribution in [0.5, 0.6) is 11.5 Å². The Bertz CT molecular complexity index is 1070. The number of halogens is 3. The SMILES string of the molecule is CCCc1cc2c(C(F)(F)F)noc2c(CCC)c1Oc1ccccc1CC(=O)OC. The van der Waals surface area contributed by atoms with Crippen LogP contribution in [0.2, 0.25) is 0 Å². The highest BCUT2D eigenvalue weighted by molar-refractivity contribution is 5.86. The second kappa shape index (κ2) is 9.41. The summed E-state index contributed by atoms with van der Waals surface area (Å²) in [6.07, 6.45) is -2.25. The zero-order valence-corrected chi connectivity index (χ0v) is 17.6. The van der Waals surface area contributed by atoms with Crippen LogP contribution in [-0.2, 0) is 35.0 Å². The molecular weight excluding hydrogens is 411 g/mol. The van der Waals surface area contributed by atoms with Crippen LogP contribution in [0, 0.1) is 0 Å². The number of aryl methyl sites for hydroxylation is 2. The third-order valence-electron chi connectivity index (χ3n) is 4.92. The molecule has 0 amide bonds. The summed E-state index contributed by atoms with van der Waals surface area (Å²) >= 11 is 0. The van der Waals surface area contributed by atoms with E-state index >= 15 is 0 Å². The summed E-state index contributed by atoms with van der Waals surface area (Å²) in [6.45, 7) is 3.87. The molecule has 1 heterocycles. The molecular formula is C23H24F3NO4. The molecule has 0 atom stereocenters. The van der Waals surface area contributed by atoms with Gasteiger partial charge in [-0.15, -0.1) is 0 Å². The summed E-state index contributed by atoms with van der Waals surface area (Å²) in [5, 5.41) is 3.25. The molecule has 0 aliphatic rings. The molecule has 0 saturated heterocycles. The predicted octanol–water partition coefficient (Wildman–Crippen LogP) is 6.26. The van der Waals surface area contributed by atoms with Gasteiger partial charge < -0.3 is 14.0 Å². The lowest BCUT2D eigenvalue weighted by Crippen LogP contribution is -2.07. The van der Waals surface area contributed by atoms with Gasteiger partial charge >= 0.3 is 12.1 Å². The lowest BCUT2D eigenvalue weighted by Gasteiger charge is -2.18. The van der Waals surface area contributed by atoms with Gasteiger partial charge in [0.05, 0.1) is 18.9 Å². The highest BCUT2D eigenvalue weighted by Crippen LogP contribution is 2.42. The van der Waals surface area contributed by atoms with Gasteiger partial charge in [-0.25, -0.2) is 0 Å². The average molecular weight is 435 g/mol. The molecule has 2 aromatic carbocycles. The number of rotatable bonds is 8. The first-order valence-corrected chi connectivity index (χ1v) is 10.1. The Morgan fingerprint density at radius 1 is 1.10 bits per heavy atom. The molecule has 0 radical (unpaired) electrons. The van der Waals surface area contributed by atoms with E-state index in [4.69, 9.17) is 14.0 Å². The van der Waals surface area contributed by atoms with Crippen molar-refractivity contribution in [3.05, 3.63) is 52.7 Å². The van der Waals surface area contributed by atoms with Gasteiger partial charge in [-0.3, -0.25) is 4.79 Å². The van der Waals surface area contributed by atoms with Crippen molar-refractivity contribution in [3.8, 4) is 11.5 Å². The maximum Gasteiger partial charge on any atom is 0.437 e. The van der Waals surface area contributed by atoms with Crippen molar-refractivity contribution in [2.24, 2.45) is 0 Å². The molecule has 166 valence electrons. The predicted molar refractivity (Wildman–Crippen MR) is 109 cm³/mol. The number of nitrogens with zero attached hydrogens (tertiary/aromatic N) is 1. The fourth-order valence-corrected chi connectivity index (χ4v) is 3.54. The van der Waals surface area contributed by atoms with E-state index in [9.17, 15) is 18.0 Å². The van der Waals surface area contributed by atoms with Crippen LogP contribution in [0.15, 0.2) is 34.9 Å². The first kappa shape index (κ1) is 22.7. The van der Waals surface area contributed by atoms with Gasteiger partial charge in [0.25, 0.3) is 0 Å². The number of ether oxygens (including phenoxy) is 2. The number of fused-ring (bicyclic) bond motifs is 1. The van der Waals surface area contributed by atoms with Crippen molar-refractivity contribution < 1.29 is 32.0 Å². The van der Waals surface area contributed by atoms with Gasteiger partial charge in [-0.05, 0) is 30.5 Å². The van der Waals surface area contributed by atoms with Crippen LogP contribution < -0.4 is 4.74 Å². The number of carbonyl (C=O) groups excluding carboxylic acids is 1. The van der Waals surface area contributed by atoms with Crippen molar-refractivity contribution in [1.29, 1.82) is 0 Å². The van der Waals surface area contributed by atoms with E-state index in [-0.39, 0.29) is 17.4 Å². The van der Waals surface area contributed by atoms with E-state index in [2.05, 4.69) is 5.16 Å². The van der Waals surface area contributed by atoms with Gasteiger partial charge in [0.2, 0.25) is 0 Å². The van der Waals surface area contributed by atoms with E-state index < -0.39 is 17.8 Å². The molecule has 0 bridgehead atoms. The Hall–Kier alpha value is -3.03. The lowest BCUT2D eigenvalue weighted by atomic mass is 9.97. The molecule has 31 heavy (non-hydrogen) atoms. The number of alkyl halides is 3. The van der Waals surface area contributed by atoms with E-state index in [1.54, 1.807) is 24.3 Å². The summed E-state index contributed by atoms with van der Waals surface area (Å²) in [4.78, 5) is 11.8. The maximum absolute atomic E-state index is 13.4. The highest BCUT2D eigenvalue weighted by Gasteiger charge is 2.38. The second-order valence-electron chi connectivity index (χ2n) is 7.21. The van der Waals surface area contributed by atoms with Gasteiger partial charge in [0, 0.05) is 11.1 Å². The Balaban J connectivity index is 2.19. The highest BCUT2D eigenvalue weighted by atomic mass is 19.4. The normalized spacial score (nSPS) is 11.7. The molecule has 0 unspecified atom stereocenters. The van der Waals surface area contributed by atoms with Crippen LogP contribution >= 0.6 is 0 Å². The average Bonchev–Trinajstić information content (AvgIpc) is 3.16. The summed E-state index contributed by atoms with van der Waals surface area (Å²) in [5.41, 5.74) is 0.844. The van der Waals surface area contributed by atoms with Crippen LogP contribution in [0.4, 0.5) is 13.2 Å². The number of benzene rings is 2. The monoisotopic (exact) mass is 435 g/mol. The number of aromatic nitrogens is 1. The summed E-state index contributed by atoms with van der Waals surface area (Å²) < 4.78 is 56.5. The fraction of sp³-hybridized carbons (Fsp3) is 0.391. The van der Waals surface area contributed by atoms with Crippen LogP contribution in [0.3, 0.4) is 0 Å². The van der Waals surface area contributed by atoms with Crippen molar-refractivity contribution in [1.82, 2.24) is 5.16 Å². The molecule has 0 fully saturated rings. The van der Waals surface area contributed by atoms with Crippen LogP contribution in [0.1, 0.15) is 49.1 Å². The largest absolute Gasteiger partial charge is 0.469 e. The van der Waals surface area contributed by atoms with Crippen molar-refractivity contribution in [2.75, 3.05) is 7.11 Å². The minimum atomic E-state index is -4.62. The number of esters is 1. The third kappa shape index (κ3) is 4.84. The first-order chi connectivity index (χ1) is 14.8. The van der Waals surface area contributed by atoms with E-state index in [1.165, 1.54) is 13.2 Å². The molecule has 0 aliphatic heterocycles. The zero-order chi connectivity index (χ0) is 22.6. The van der Waals surface area contributed by atoms with Crippen LogP contribution in [0.25, 0.3) is 11.0 Å². The molecule has 0 N–H and O–H groups in total. The van der Waals surface area contributed by atoms with Crippen molar-refractivity contribution in [3.63, 3.8) is 0 Å². The smallest absolute Gasteiger partial charge is 0.437 e. The maximum atomic E-state index is 13.4. The minimum Gasteiger partial charge on any atom is -0.469 e. The molecule has 5 nitrogen and oxygen atoms in total. The zero-order valence-electron chi connectivity index (χ0n) is 17.6. The quantitative estimate of drug-likeness (QED) is 0.391. The minimum absolute atomic E-state index is 0.0155. The Morgan fingerprint density at radius 3 is 2.45 bits per heavy atom. The molecule has 1 aromatic heterocycles. The molecule has 0 spiro atoms. The van der Waals surface area contributed by atoms with Gasteiger partial charge in [0.1, 0.15) is 11.5 Å². The lowest BCUT2D eigenvalue weighted by molar-refractivity contribution is -0.141. The fourth-order valence-electron chi connectivity index (χ4n) is 3.54. The van der Waals surface area contributed by atoms with E-state index in [0.29, 0.717) is 53.9 Å². The Morgan fingerprint density at radius 2 is 1.81 bits per heavy atom. The molecule has 3 rings (SSSR count). The molecule has 0 aliphatic carbocycles. The molecule has 3 aromatic rings. The Kier molecular flexibility index (Phi) is 6.87. The van der Waals surface area contributed by atoms with Gasteiger partial charge in [0.15, 0.2) is 11.3 Å². The number of hydrogen-bond acceptors (Lipinski definition) is 5. The Labute approximate surface area is 178 Å². The summed E-state index contributed by atoms with van der Waals surface area (Å²) in [5.74, 6) is 0.482. The first-order valence-electron chi connectivity index (χ1n) is 10.1. The van der Waals surface area contributed by atoms with Crippen molar-refractivity contribution in [2.45, 2.75) is 52.1 Å². The topological polar surface area (TPSA) is 61.6 Å². The number of para-hydroxylation sites is 1. The number of carbonyl (C=O) groups is 1. The molecule has 8 heteroatoms. The molecule has 0 saturated carbocycles. The van der Waals surface area contributed by atoms with E-state index in [0.717, 1.165) is 0 Å². The number of methoxy groups -OCH3 is 1. The van der Waals surface area contributed by atoms with Gasteiger partial charge in [-0.1, -0.05) is 50.0 Å². The number of hydrogen-bond donors (Lipinski definition) is 0. The van der Waals surface area contributed by atoms with E-state index in [1.807, 2.05) is 13.8 Å². The second-order valence-corrected chi connectivity index (χ2v) is 7.21. The van der Waals surface area contributed by atoms with Gasteiger partial charge in [-0.2, -0.15) is 13.2 Å². The van der Waals surface area contributed by atoms with Crippen LogP contribution in [-0.4, -0.2) is 18.2 Å². The standard InChI is InChI=1S/C23H24F3NO4/c1-4-8-15-12-17-21(31-27-22(17)23(24,25)26)16(9-5-2)20(15)30-18-11-7-6-10-14(18)13-19(28)29-3/h6-7,10-12H,4-5,8-9,13H2,1-3H3.